The van der Waals surface area contributed by atoms with Crippen molar-refractivity contribution in [1.29, 1.82) is 0 Å². The molecule has 0 aliphatic carbocycles. The second-order valence-corrected chi connectivity index (χ2v) is 9.27. The van der Waals surface area contributed by atoms with Crippen LogP contribution in [0.4, 0.5) is 0 Å². The molecule has 2 saturated heterocycles. The second kappa shape index (κ2) is 13.3. The molecule has 0 bridgehead atoms. The van der Waals surface area contributed by atoms with Crippen LogP contribution in [0.25, 0.3) is 5.76 Å². The van der Waals surface area contributed by atoms with Crippen molar-refractivity contribution >= 4 is 17.4 Å². The number of benzene rings is 2. The zero-order valence-electron chi connectivity index (χ0n) is 22.6. The Balaban J connectivity index is 1.72. The molecule has 1 unspecified atom stereocenters. The van der Waals surface area contributed by atoms with Gasteiger partial charge in [0.15, 0.2) is 11.5 Å². The maximum absolute atomic E-state index is 13.4. The van der Waals surface area contributed by atoms with Crippen LogP contribution < -0.4 is 14.2 Å². The summed E-state index contributed by atoms with van der Waals surface area (Å²) in [5.41, 5.74) is 1.10. The molecular formula is C30H36N2O7. The normalized spacial score (nSPS) is 19.2. The third-order valence-electron chi connectivity index (χ3n) is 6.82. The zero-order valence-corrected chi connectivity index (χ0v) is 22.6. The maximum atomic E-state index is 13.4. The van der Waals surface area contributed by atoms with Crippen molar-refractivity contribution in [2.45, 2.75) is 19.4 Å². The van der Waals surface area contributed by atoms with Gasteiger partial charge in [-0.3, -0.25) is 14.5 Å². The minimum absolute atomic E-state index is 0.0405. The van der Waals surface area contributed by atoms with E-state index in [4.69, 9.17) is 18.9 Å². The summed E-state index contributed by atoms with van der Waals surface area (Å²) in [6.45, 7) is 10.4. The Morgan fingerprint density at radius 1 is 1.08 bits per heavy atom. The summed E-state index contributed by atoms with van der Waals surface area (Å²) in [4.78, 5) is 30.6. The number of amides is 1. The van der Waals surface area contributed by atoms with Crippen molar-refractivity contribution in [2.24, 2.45) is 0 Å². The average molecular weight is 537 g/mol. The van der Waals surface area contributed by atoms with E-state index in [1.165, 1.54) is 0 Å². The molecule has 9 heteroatoms. The van der Waals surface area contributed by atoms with Gasteiger partial charge in [0, 0.05) is 31.7 Å². The molecule has 2 aromatic carbocycles. The first-order valence-corrected chi connectivity index (χ1v) is 13.2. The number of likely N-dealkylation sites (tertiary alicyclic amines) is 1. The number of morpholine rings is 1. The van der Waals surface area contributed by atoms with Crippen molar-refractivity contribution < 1.29 is 33.6 Å². The lowest BCUT2D eigenvalue weighted by molar-refractivity contribution is -0.140. The minimum Gasteiger partial charge on any atom is -0.507 e. The highest BCUT2D eigenvalue weighted by Crippen LogP contribution is 2.42. The van der Waals surface area contributed by atoms with E-state index in [1.54, 1.807) is 60.6 Å². The number of aliphatic hydroxyl groups excluding tert-OH is 1. The van der Waals surface area contributed by atoms with Crippen LogP contribution in [0.3, 0.4) is 0 Å². The highest BCUT2D eigenvalue weighted by molar-refractivity contribution is 6.46. The van der Waals surface area contributed by atoms with Gasteiger partial charge in [0.25, 0.3) is 11.7 Å². The summed E-state index contributed by atoms with van der Waals surface area (Å²) in [5, 5.41) is 11.3. The summed E-state index contributed by atoms with van der Waals surface area (Å²) in [6.07, 6.45) is 2.31. The predicted molar refractivity (Wildman–Crippen MR) is 147 cm³/mol. The molecule has 0 saturated carbocycles. The van der Waals surface area contributed by atoms with Crippen molar-refractivity contribution in [3.8, 4) is 17.2 Å². The number of hydrogen-bond donors (Lipinski definition) is 1. The summed E-state index contributed by atoms with van der Waals surface area (Å²) >= 11 is 0. The van der Waals surface area contributed by atoms with E-state index in [1.807, 2.05) is 6.92 Å². The zero-order chi connectivity index (χ0) is 27.8. The smallest absolute Gasteiger partial charge is 0.295 e. The number of carbonyl (C=O) groups excluding carboxylic acids is 2. The number of nitrogens with zero attached hydrogens (tertiary/aromatic N) is 2. The number of hydrogen-bond acceptors (Lipinski definition) is 8. The van der Waals surface area contributed by atoms with Crippen LogP contribution in [0, 0.1) is 0 Å². The first-order chi connectivity index (χ1) is 19.0. The Labute approximate surface area is 229 Å². The molecule has 0 spiro atoms. The molecule has 2 aromatic rings. The van der Waals surface area contributed by atoms with Gasteiger partial charge in [-0.25, -0.2) is 0 Å². The van der Waals surface area contributed by atoms with E-state index < -0.39 is 17.7 Å². The third-order valence-corrected chi connectivity index (χ3v) is 6.82. The number of methoxy groups -OCH3 is 1. The predicted octanol–water partition coefficient (Wildman–Crippen LogP) is 3.80. The number of rotatable bonds is 12. The van der Waals surface area contributed by atoms with E-state index in [9.17, 15) is 14.7 Å². The van der Waals surface area contributed by atoms with Crippen molar-refractivity contribution in [3.05, 3.63) is 71.8 Å². The molecule has 9 nitrogen and oxygen atoms in total. The Hall–Kier alpha value is -3.82. The largest absolute Gasteiger partial charge is 0.507 e. The maximum Gasteiger partial charge on any atom is 0.295 e. The van der Waals surface area contributed by atoms with Crippen LogP contribution in [0.15, 0.2) is 60.7 Å². The fourth-order valence-corrected chi connectivity index (χ4v) is 4.88. The van der Waals surface area contributed by atoms with Crippen molar-refractivity contribution in [2.75, 3.05) is 59.7 Å². The Morgan fingerprint density at radius 3 is 2.49 bits per heavy atom. The van der Waals surface area contributed by atoms with E-state index in [2.05, 4.69) is 11.5 Å². The Morgan fingerprint density at radius 2 is 1.82 bits per heavy atom. The molecule has 4 rings (SSSR count). The van der Waals surface area contributed by atoms with Gasteiger partial charge in [-0.2, -0.15) is 0 Å². The van der Waals surface area contributed by atoms with Crippen LogP contribution in [-0.2, 0) is 14.3 Å². The third kappa shape index (κ3) is 6.43. The van der Waals surface area contributed by atoms with Crippen LogP contribution in [0.1, 0.15) is 30.5 Å². The first kappa shape index (κ1) is 28.2. The van der Waals surface area contributed by atoms with Gasteiger partial charge in [0.05, 0.1) is 38.5 Å². The summed E-state index contributed by atoms with van der Waals surface area (Å²) in [7, 11) is 1.55. The lowest BCUT2D eigenvalue weighted by Gasteiger charge is -2.29. The van der Waals surface area contributed by atoms with Crippen LogP contribution >= 0.6 is 0 Å². The van der Waals surface area contributed by atoms with E-state index >= 15 is 0 Å². The average Bonchev–Trinajstić information content (AvgIpc) is 3.22. The fourth-order valence-electron chi connectivity index (χ4n) is 4.88. The van der Waals surface area contributed by atoms with Gasteiger partial charge in [-0.05, 0) is 55.3 Å². The Kier molecular flexibility index (Phi) is 9.62. The topological polar surface area (TPSA) is 97.8 Å². The first-order valence-electron chi connectivity index (χ1n) is 13.2. The molecule has 2 aliphatic rings. The molecule has 39 heavy (non-hydrogen) atoms. The lowest BCUT2D eigenvalue weighted by Crippen LogP contribution is -2.39. The molecule has 1 amide bonds. The minimum atomic E-state index is -0.788. The highest BCUT2D eigenvalue weighted by Gasteiger charge is 2.46. The number of carbonyl (C=O) groups is 2. The SMILES string of the molecule is C=CCOc1ccc(C2/C(=C(\O)c3ccc(OC)cc3)C(=O)C(=O)N2CCCN2CCOCC2)cc1OCC. The van der Waals surface area contributed by atoms with Crippen LogP contribution in [0.2, 0.25) is 0 Å². The molecule has 2 heterocycles. The van der Waals surface area contributed by atoms with Crippen LogP contribution in [-0.4, -0.2) is 86.3 Å². The number of ketones is 1. The molecule has 0 aromatic heterocycles. The summed E-state index contributed by atoms with van der Waals surface area (Å²) in [6, 6.07) is 11.3. The van der Waals surface area contributed by atoms with Crippen molar-refractivity contribution in [3.63, 3.8) is 0 Å². The monoisotopic (exact) mass is 536 g/mol. The quantitative estimate of drug-likeness (QED) is 0.189. The van der Waals surface area contributed by atoms with Gasteiger partial charge in [-0.15, -0.1) is 0 Å². The molecular weight excluding hydrogens is 500 g/mol. The second-order valence-electron chi connectivity index (χ2n) is 9.27. The van der Waals surface area contributed by atoms with E-state index in [0.29, 0.717) is 67.8 Å². The fraction of sp³-hybridized carbons (Fsp3) is 0.400. The van der Waals surface area contributed by atoms with Gasteiger partial charge < -0.3 is 29.0 Å². The van der Waals surface area contributed by atoms with Crippen LogP contribution in [0.5, 0.6) is 17.2 Å². The molecule has 0 radical (unpaired) electrons. The summed E-state index contributed by atoms with van der Waals surface area (Å²) < 4.78 is 22.2. The standard InChI is InChI=1S/C30H36N2O7/c1-4-17-39-24-12-9-22(20-25(24)38-5-2)27-26(28(33)21-7-10-23(36-3)11-8-21)29(34)30(35)32(27)14-6-13-31-15-18-37-19-16-31/h4,7-12,20,27,33H,1,5-6,13-19H2,2-3H3/b28-26+. The van der Waals surface area contributed by atoms with Gasteiger partial charge in [-0.1, -0.05) is 18.7 Å². The van der Waals surface area contributed by atoms with E-state index in [-0.39, 0.29) is 11.3 Å². The summed E-state index contributed by atoms with van der Waals surface area (Å²) in [5.74, 6) is 0.0384. The molecule has 208 valence electrons. The number of aliphatic hydroxyl groups is 1. The van der Waals surface area contributed by atoms with Gasteiger partial charge in [0.1, 0.15) is 18.1 Å². The van der Waals surface area contributed by atoms with Crippen molar-refractivity contribution in [1.82, 2.24) is 9.80 Å². The molecule has 1 atom stereocenters. The van der Waals surface area contributed by atoms with Gasteiger partial charge >= 0.3 is 0 Å². The lowest BCUT2D eigenvalue weighted by atomic mass is 9.95. The number of ether oxygens (including phenoxy) is 4. The molecule has 2 fully saturated rings. The molecule has 2 aliphatic heterocycles. The number of Topliss-reactive ketones (excluding diaryl/α,β-unsaturated/α-hetero) is 1. The Bertz CT molecular complexity index is 1200. The van der Waals surface area contributed by atoms with E-state index in [0.717, 1.165) is 19.6 Å². The molecule has 1 N–H and O–H groups in total. The van der Waals surface area contributed by atoms with Gasteiger partial charge in [0.2, 0.25) is 0 Å². The highest BCUT2D eigenvalue weighted by atomic mass is 16.5.